The number of pyridine rings is 1. The standard InChI is InChI=1S/C18H18F2N2O2/c1-11-4-6-14(17(23)21-11)18(24)22-8-2-3-12(10-22)15-9-13(19)5-7-16(15)20/h4-7,9,12H,2-3,8,10H2,1H3,(H,21,23). The van der Waals surface area contributed by atoms with Gasteiger partial charge in [0.1, 0.15) is 17.2 Å². The van der Waals surface area contributed by atoms with Gasteiger partial charge in [-0.05, 0) is 55.7 Å². The van der Waals surface area contributed by atoms with Crippen molar-refractivity contribution < 1.29 is 13.6 Å². The van der Waals surface area contributed by atoms with E-state index < -0.39 is 17.2 Å². The summed E-state index contributed by atoms with van der Waals surface area (Å²) in [5, 5.41) is 0. The summed E-state index contributed by atoms with van der Waals surface area (Å²) in [5.74, 6) is -1.62. The quantitative estimate of drug-likeness (QED) is 0.919. The van der Waals surface area contributed by atoms with Crippen molar-refractivity contribution in [2.45, 2.75) is 25.7 Å². The van der Waals surface area contributed by atoms with Crippen LogP contribution in [0.3, 0.4) is 0 Å². The second-order valence-electron chi connectivity index (χ2n) is 6.14. The van der Waals surface area contributed by atoms with E-state index in [1.54, 1.807) is 17.9 Å². The summed E-state index contributed by atoms with van der Waals surface area (Å²) >= 11 is 0. The van der Waals surface area contributed by atoms with Crippen LogP contribution in [-0.4, -0.2) is 28.9 Å². The molecule has 1 saturated heterocycles. The van der Waals surface area contributed by atoms with Crippen LogP contribution in [0, 0.1) is 18.6 Å². The van der Waals surface area contributed by atoms with Crippen molar-refractivity contribution >= 4 is 5.91 Å². The molecule has 126 valence electrons. The molecular weight excluding hydrogens is 314 g/mol. The Morgan fingerprint density at radius 1 is 1.25 bits per heavy atom. The van der Waals surface area contributed by atoms with E-state index in [1.165, 1.54) is 12.1 Å². The number of hydrogen-bond acceptors (Lipinski definition) is 2. The molecule has 3 rings (SSSR count). The van der Waals surface area contributed by atoms with Crippen LogP contribution < -0.4 is 5.56 Å². The Morgan fingerprint density at radius 3 is 2.79 bits per heavy atom. The van der Waals surface area contributed by atoms with Crippen molar-refractivity contribution in [1.29, 1.82) is 0 Å². The van der Waals surface area contributed by atoms with Gasteiger partial charge < -0.3 is 9.88 Å². The van der Waals surface area contributed by atoms with Crippen LogP contribution in [0.2, 0.25) is 0 Å². The smallest absolute Gasteiger partial charge is 0.260 e. The highest BCUT2D eigenvalue weighted by molar-refractivity contribution is 5.94. The van der Waals surface area contributed by atoms with E-state index in [1.807, 2.05) is 0 Å². The second kappa shape index (κ2) is 6.55. The number of likely N-dealkylation sites (tertiary alicyclic amines) is 1. The van der Waals surface area contributed by atoms with Crippen molar-refractivity contribution in [3.8, 4) is 0 Å². The molecule has 1 fully saturated rings. The van der Waals surface area contributed by atoms with E-state index in [4.69, 9.17) is 0 Å². The number of halogens is 2. The number of amides is 1. The molecule has 2 heterocycles. The third-order valence-corrected chi connectivity index (χ3v) is 4.39. The van der Waals surface area contributed by atoms with E-state index in [0.29, 0.717) is 25.1 Å². The first-order valence-electron chi connectivity index (χ1n) is 7.90. The van der Waals surface area contributed by atoms with Gasteiger partial charge in [-0.3, -0.25) is 9.59 Å². The minimum atomic E-state index is -0.496. The number of rotatable bonds is 2. The molecule has 1 atom stereocenters. The van der Waals surface area contributed by atoms with Crippen molar-refractivity contribution in [3.05, 3.63) is 69.1 Å². The van der Waals surface area contributed by atoms with Crippen molar-refractivity contribution in [2.24, 2.45) is 0 Å². The van der Waals surface area contributed by atoms with Crippen molar-refractivity contribution in [1.82, 2.24) is 9.88 Å². The van der Waals surface area contributed by atoms with E-state index in [0.717, 1.165) is 12.1 Å². The lowest BCUT2D eigenvalue weighted by atomic mass is 9.90. The molecular formula is C18H18F2N2O2. The molecule has 6 heteroatoms. The van der Waals surface area contributed by atoms with Crippen LogP contribution >= 0.6 is 0 Å². The van der Waals surface area contributed by atoms with Gasteiger partial charge in [-0.25, -0.2) is 8.78 Å². The first-order valence-corrected chi connectivity index (χ1v) is 7.90. The second-order valence-corrected chi connectivity index (χ2v) is 6.14. The molecule has 1 amide bonds. The first kappa shape index (κ1) is 16.4. The average molecular weight is 332 g/mol. The zero-order valence-electron chi connectivity index (χ0n) is 13.3. The molecule has 1 aliphatic rings. The zero-order chi connectivity index (χ0) is 17.3. The minimum absolute atomic E-state index is 0.0703. The molecule has 4 nitrogen and oxygen atoms in total. The number of nitrogens with zero attached hydrogens (tertiary/aromatic N) is 1. The fourth-order valence-electron chi connectivity index (χ4n) is 3.15. The van der Waals surface area contributed by atoms with Crippen molar-refractivity contribution in [2.75, 3.05) is 13.1 Å². The normalized spacial score (nSPS) is 17.8. The molecule has 1 aromatic carbocycles. The third kappa shape index (κ3) is 3.22. The van der Waals surface area contributed by atoms with Crippen molar-refractivity contribution in [3.63, 3.8) is 0 Å². The predicted octanol–water partition coefficient (Wildman–Crippen LogP) is 2.98. The lowest BCUT2D eigenvalue weighted by Crippen LogP contribution is -2.41. The summed E-state index contributed by atoms with van der Waals surface area (Å²) in [7, 11) is 0. The molecule has 1 unspecified atom stereocenters. The van der Waals surface area contributed by atoms with Gasteiger partial charge in [0.15, 0.2) is 0 Å². The number of aromatic nitrogens is 1. The SMILES string of the molecule is Cc1ccc(C(=O)N2CCCC(c3cc(F)ccc3F)C2)c(=O)[nH]1. The molecule has 0 bridgehead atoms. The van der Waals surface area contributed by atoms with Crippen LogP contribution in [0.5, 0.6) is 0 Å². The van der Waals surface area contributed by atoms with Gasteiger partial charge in [0, 0.05) is 24.7 Å². The maximum atomic E-state index is 14.0. The maximum Gasteiger partial charge on any atom is 0.260 e. The number of benzene rings is 1. The van der Waals surface area contributed by atoms with Gasteiger partial charge in [0.25, 0.3) is 11.5 Å². The Kier molecular flexibility index (Phi) is 4.46. The zero-order valence-corrected chi connectivity index (χ0v) is 13.3. The maximum absolute atomic E-state index is 14.0. The Bertz CT molecular complexity index is 832. The topological polar surface area (TPSA) is 53.2 Å². The van der Waals surface area contributed by atoms with Crippen LogP contribution in [0.1, 0.15) is 40.4 Å². The lowest BCUT2D eigenvalue weighted by molar-refractivity contribution is 0.0704. The van der Waals surface area contributed by atoms with E-state index in [9.17, 15) is 18.4 Å². The fraction of sp³-hybridized carbons (Fsp3) is 0.333. The number of hydrogen-bond donors (Lipinski definition) is 1. The summed E-state index contributed by atoms with van der Waals surface area (Å²) in [5.41, 5.74) is 0.597. The third-order valence-electron chi connectivity index (χ3n) is 4.39. The van der Waals surface area contributed by atoms with Gasteiger partial charge in [-0.1, -0.05) is 0 Å². The molecule has 1 N–H and O–H groups in total. The number of H-pyrrole nitrogens is 1. The minimum Gasteiger partial charge on any atom is -0.338 e. The molecule has 2 aromatic rings. The molecule has 1 aromatic heterocycles. The van der Waals surface area contributed by atoms with Crippen LogP contribution in [0.15, 0.2) is 35.1 Å². The molecule has 0 saturated carbocycles. The van der Waals surface area contributed by atoms with Gasteiger partial charge >= 0.3 is 0 Å². The first-order chi connectivity index (χ1) is 11.5. The van der Waals surface area contributed by atoms with Crippen LogP contribution in [0.4, 0.5) is 8.78 Å². The Morgan fingerprint density at radius 2 is 2.04 bits per heavy atom. The van der Waals surface area contributed by atoms with E-state index in [2.05, 4.69) is 4.98 Å². The number of carbonyl (C=O) groups excluding carboxylic acids is 1. The molecule has 24 heavy (non-hydrogen) atoms. The highest BCUT2D eigenvalue weighted by Crippen LogP contribution is 2.29. The summed E-state index contributed by atoms with van der Waals surface area (Å²) in [6, 6.07) is 6.55. The number of aryl methyl sites for hydroxylation is 1. The Hall–Kier alpha value is -2.50. The van der Waals surface area contributed by atoms with Gasteiger partial charge in [0.2, 0.25) is 0 Å². The largest absolute Gasteiger partial charge is 0.338 e. The van der Waals surface area contributed by atoms with Gasteiger partial charge in [0.05, 0.1) is 0 Å². The molecule has 0 radical (unpaired) electrons. The highest BCUT2D eigenvalue weighted by atomic mass is 19.1. The fourth-order valence-corrected chi connectivity index (χ4v) is 3.15. The monoisotopic (exact) mass is 332 g/mol. The summed E-state index contributed by atoms with van der Waals surface area (Å²) < 4.78 is 27.4. The van der Waals surface area contributed by atoms with E-state index in [-0.39, 0.29) is 29.5 Å². The van der Waals surface area contributed by atoms with Crippen LogP contribution in [0.25, 0.3) is 0 Å². The highest BCUT2D eigenvalue weighted by Gasteiger charge is 2.28. The lowest BCUT2D eigenvalue weighted by Gasteiger charge is -2.33. The summed E-state index contributed by atoms with van der Waals surface area (Å²) in [4.78, 5) is 28.7. The molecule has 0 aliphatic carbocycles. The van der Waals surface area contributed by atoms with E-state index >= 15 is 0 Å². The Balaban J connectivity index is 1.84. The number of aromatic amines is 1. The molecule has 1 aliphatic heterocycles. The number of carbonyl (C=O) groups is 1. The average Bonchev–Trinajstić information content (AvgIpc) is 2.56. The van der Waals surface area contributed by atoms with Gasteiger partial charge in [-0.2, -0.15) is 0 Å². The predicted molar refractivity (Wildman–Crippen MR) is 86.0 cm³/mol. The van der Waals surface area contributed by atoms with Gasteiger partial charge in [-0.15, -0.1) is 0 Å². The van der Waals surface area contributed by atoms with Crippen LogP contribution in [-0.2, 0) is 0 Å². The number of piperidine rings is 1. The number of nitrogens with one attached hydrogen (secondary N) is 1. The summed E-state index contributed by atoms with van der Waals surface area (Å²) in [6.45, 7) is 2.51. The summed E-state index contributed by atoms with van der Waals surface area (Å²) in [6.07, 6.45) is 1.35. The Labute approximate surface area is 138 Å². The molecule has 0 spiro atoms.